The van der Waals surface area contributed by atoms with Gasteiger partial charge >= 0.3 is 6.18 Å². The third-order valence-electron chi connectivity index (χ3n) is 3.23. The molecule has 0 fully saturated rings. The van der Waals surface area contributed by atoms with Crippen LogP contribution in [0.2, 0.25) is 0 Å². The van der Waals surface area contributed by atoms with Crippen molar-refractivity contribution in [3.63, 3.8) is 0 Å². The third-order valence-corrected chi connectivity index (χ3v) is 3.23. The number of alkyl halides is 3. The van der Waals surface area contributed by atoms with Gasteiger partial charge in [0, 0.05) is 0 Å². The van der Waals surface area contributed by atoms with E-state index >= 15 is 0 Å². The molecule has 2 rings (SSSR count). The van der Waals surface area contributed by atoms with Gasteiger partial charge in [0.15, 0.2) is 0 Å². The number of hydrogen-bond acceptors (Lipinski definition) is 2. The molecule has 0 radical (unpaired) electrons. The van der Waals surface area contributed by atoms with Crippen LogP contribution in [0.25, 0.3) is 5.57 Å². The molecule has 0 saturated carbocycles. The van der Waals surface area contributed by atoms with E-state index in [4.69, 9.17) is 0 Å². The summed E-state index contributed by atoms with van der Waals surface area (Å²) in [7, 11) is 0. The molecule has 20 heavy (non-hydrogen) atoms. The average Bonchev–Trinajstić information content (AvgIpc) is 2.46. The number of carbonyl (C=O) groups excluding carboxylic acids is 2. The Kier molecular flexibility index (Phi) is 3.61. The number of hydrogen-bond donors (Lipinski definition) is 0. The molecule has 0 aromatic heterocycles. The van der Waals surface area contributed by atoms with Gasteiger partial charge in [-0.2, -0.15) is 13.2 Å². The Bertz CT molecular complexity index is 589. The van der Waals surface area contributed by atoms with Gasteiger partial charge < -0.3 is 9.59 Å². The van der Waals surface area contributed by atoms with E-state index in [9.17, 15) is 22.8 Å². The van der Waals surface area contributed by atoms with Crippen molar-refractivity contribution in [2.45, 2.75) is 12.6 Å². The molecule has 0 atom stereocenters. The van der Waals surface area contributed by atoms with Crippen molar-refractivity contribution in [3.8, 4) is 0 Å². The van der Waals surface area contributed by atoms with Crippen LogP contribution >= 0.6 is 0 Å². The maximum atomic E-state index is 12.9. The smallest absolute Gasteiger partial charge is 0.302 e. The summed E-state index contributed by atoms with van der Waals surface area (Å²) < 4.78 is 38.8. The van der Waals surface area contributed by atoms with Gasteiger partial charge in [-0.15, -0.1) is 0 Å². The van der Waals surface area contributed by atoms with Crippen LogP contribution in [0, 0.1) is 5.41 Å². The molecule has 0 amide bonds. The highest BCUT2D eigenvalue weighted by atomic mass is 19.4. The Morgan fingerprint density at radius 1 is 1.10 bits per heavy atom. The first-order valence-electron chi connectivity index (χ1n) is 5.90. The van der Waals surface area contributed by atoms with Crippen molar-refractivity contribution in [2.75, 3.05) is 0 Å². The van der Waals surface area contributed by atoms with Crippen LogP contribution in [0.1, 0.15) is 17.5 Å². The van der Waals surface area contributed by atoms with Gasteiger partial charge in [0.25, 0.3) is 0 Å². The van der Waals surface area contributed by atoms with Crippen molar-refractivity contribution >= 4 is 18.1 Å². The second kappa shape index (κ2) is 5.07. The summed E-state index contributed by atoms with van der Waals surface area (Å²) >= 11 is 0. The fourth-order valence-corrected chi connectivity index (χ4v) is 2.05. The molecule has 0 saturated heterocycles. The first kappa shape index (κ1) is 14.2. The van der Waals surface area contributed by atoms with Crippen LogP contribution in [0.15, 0.2) is 42.5 Å². The van der Waals surface area contributed by atoms with E-state index < -0.39 is 17.2 Å². The summed E-state index contributed by atoms with van der Waals surface area (Å²) in [5.74, 6) is 0. The molecule has 1 aliphatic rings. The van der Waals surface area contributed by atoms with Crippen LogP contribution in [0.4, 0.5) is 13.2 Å². The van der Waals surface area contributed by atoms with Gasteiger partial charge in [-0.3, -0.25) is 0 Å². The highest BCUT2D eigenvalue weighted by molar-refractivity contribution is 5.90. The van der Waals surface area contributed by atoms with E-state index in [-0.39, 0.29) is 12.0 Å². The third kappa shape index (κ3) is 2.57. The lowest BCUT2D eigenvalue weighted by atomic mass is 9.81. The highest BCUT2D eigenvalue weighted by Gasteiger charge is 2.34. The quantitative estimate of drug-likeness (QED) is 0.628. The van der Waals surface area contributed by atoms with E-state index in [0.717, 1.165) is 6.07 Å². The Morgan fingerprint density at radius 3 is 2.25 bits per heavy atom. The van der Waals surface area contributed by atoms with Gasteiger partial charge in [-0.05, 0) is 23.6 Å². The Morgan fingerprint density at radius 2 is 1.75 bits per heavy atom. The Labute approximate surface area is 113 Å². The second-order valence-corrected chi connectivity index (χ2v) is 4.59. The summed E-state index contributed by atoms with van der Waals surface area (Å²) in [6, 6.07) is 5.21. The lowest BCUT2D eigenvalue weighted by molar-refractivity contribution is -0.137. The molecule has 1 aromatic carbocycles. The molecular weight excluding hydrogens is 269 g/mol. The van der Waals surface area contributed by atoms with E-state index in [0.29, 0.717) is 18.1 Å². The van der Waals surface area contributed by atoms with Crippen LogP contribution in [-0.2, 0) is 15.8 Å². The molecule has 2 nitrogen and oxygen atoms in total. The SMILES string of the molecule is O=CC1(C=O)C=CC(c2ccccc2C(F)(F)F)=CC1. The highest BCUT2D eigenvalue weighted by Crippen LogP contribution is 2.37. The molecule has 1 aliphatic carbocycles. The van der Waals surface area contributed by atoms with Crippen molar-refractivity contribution in [1.29, 1.82) is 0 Å². The molecule has 0 heterocycles. The van der Waals surface area contributed by atoms with Crippen LogP contribution in [-0.4, -0.2) is 12.6 Å². The van der Waals surface area contributed by atoms with E-state index in [1.807, 2.05) is 0 Å². The van der Waals surface area contributed by atoms with Crippen LogP contribution in [0.5, 0.6) is 0 Å². The summed E-state index contributed by atoms with van der Waals surface area (Å²) in [5, 5.41) is 0. The fraction of sp³-hybridized carbons (Fsp3) is 0.200. The number of allylic oxidation sites excluding steroid dienone is 4. The monoisotopic (exact) mass is 280 g/mol. The van der Waals surface area contributed by atoms with Crippen LogP contribution < -0.4 is 0 Å². The van der Waals surface area contributed by atoms with Crippen LogP contribution in [0.3, 0.4) is 0 Å². The first-order valence-corrected chi connectivity index (χ1v) is 5.90. The Hall–Kier alpha value is -2.17. The molecule has 1 aromatic rings. The predicted octanol–water partition coefficient (Wildman–Crippen LogP) is 3.43. The minimum absolute atomic E-state index is 0.0432. The summed E-state index contributed by atoms with van der Waals surface area (Å²) in [6.07, 6.45) is 0.825. The topological polar surface area (TPSA) is 34.1 Å². The maximum Gasteiger partial charge on any atom is 0.417 e. The normalized spacial score (nSPS) is 17.4. The number of rotatable bonds is 3. The molecule has 0 spiro atoms. The molecule has 0 unspecified atom stereocenters. The van der Waals surface area contributed by atoms with Crippen molar-refractivity contribution in [2.24, 2.45) is 5.41 Å². The summed E-state index contributed by atoms with van der Waals surface area (Å²) in [5.41, 5.74) is -1.59. The van der Waals surface area contributed by atoms with Gasteiger partial charge in [-0.1, -0.05) is 36.4 Å². The van der Waals surface area contributed by atoms with Crippen molar-refractivity contribution in [3.05, 3.63) is 53.6 Å². The number of aldehydes is 2. The van der Waals surface area contributed by atoms with Crippen molar-refractivity contribution < 1.29 is 22.8 Å². The molecule has 5 heteroatoms. The predicted molar refractivity (Wildman–Crippen MR) is 67.7 cm³/mol. The molecule has 0 bridgehead atoms. The van der Waals surface area contributed by atoms with Gasteiger partial charge in [-0.25, -0.2) is 0 Å². The summed E-state index contributed by atoms with van der Waals surface area (Å²) in [6.45, 7) is 0. The lowest BCUT2D eigenvalue weighted by Crippen LogP contribution is -2.22. The van der Waals surface area contributed by atoms with E-state index in [1.165, 1.54) is 36.4 Å². The number of halogens is 3. The lowest BCUT2D eigenvalue weighted by Gasteiger charge is -2.21. The van der Waals surface area contributed by atoms with Gasteiger partial charge in [0.2, 0.25) is 0 Å². The largest absolute Gasteiger partial charge is 0.417 e. The average molecular weight is 280 g/mol. The molecule has 104 valence electrons. The zero-order valence-corrected chi connectivity index (χ0v) is 10.4. The number of benzene rings is 1. The van der Waals surface area contributed by atoms with Gasteiger partial charge in [0.1, 0.15) is 18.0 Å². The maximum absolute atomic E-state index is 12.9. The van der Waals surface area contributed by atoms with Gasteiger partial charge in [0.05, 0.1) is 5.56 Å². The number of carbonyl (C=O) groups is 2. The standard InChI is InChI=1S/C15H11F3O2/c16-15(17,18)13-4-2-1-3-12(13)11-5-7-14(9-19,10-20)8-6-11/h1-7,9-10H,8H2. The molecule has 0 N–H and O–H groups in total. The van der Waals surface area contributed by atoms with E-state index in [2.05, 4.69) is 0 Å². The Balaban J connectivity index is 2.42. The molecular formula is C15H11F3O2. The zero-order valence-electron chi connectivity index (χ0n) is 10.4. The molecule has 0 aliphatic heterocycles. The second-order valence-electron chi connectivity index (χ2n) is 4.59. The summed E-state index contributed by atoms with van der Waals surface area (Å²) in [4.78, 5) is 21.8. The minimum Gasteiger partial charge on any atom is -0.302 e. The van der Waals surface area contributed by atoms with E-state index in [1.54, 1.807) is 0 Å². The zero-order chi connectivity index (χ0) is 14.8. The minimum atomic E-state index is -4.45. The fourth-order valence-electron chi connectivity index (χ4n) is 2.05. The first-order chi connectivity index (χ1) is 9.42. The van der Waals surface area contributed by atoms with Crippen molar-refractivity contribution in [1.82, 2.24) is 0 Å².